The summed E-state index contributed by atoms with van der Waals surface area (Å²) in [7, 11) is 0. The molecule has 3 heteroatoms. The molecule has 1 aliphatic heterocycles. The monoisotopic (exact) mass is 205 g/mol. The number of carbonyl (C=O) groups excluding carboxylic acids is 1. The van der Waals surface area contributed by atoms with Gasteiger partial charge in [-0.15, -0.1) is 11.8 Å². The van der Waals surface area contributed by atoms with Gasteiger partial charge in [-0.25, -0.2) is 9.79 Å². The van der Waals surface area contributed by atoms with Gasteiger partial charge in [-0.1, -0.05) is 19.1 Å². The zero-order chi connectivity index (χ0) is 9.97. The average Bonchev–Trinajstić information content (AvgIpc) is 2.54. The Hall–Kier alpha value is -1.05. The van der Waals surface area contributed by atoms with E-state index in [1.807, 2.05) is 17.8 Å². The van der Waals surface area contributed by atoms with Gasteiger partial charge >= 0.3 is 0 Å². The first-order valence-electron chi connectivity index (χ1n) is 4.61. The van der Waals surface area contributed by atoms with Crippen molar-refractivity contribution in [3.63, 3.8) is 0 Å². The normalized spacial score (nSPS) is 18.8. The van der Waals surface area contributed by atoms with Gasteiger partial charge in [-0.05, 0) is 23.6 Å². The molecule has 2 nitrogen and oxygen atoms in total. The third-order valence-corrected chi connectivity index (χ3v) is 3.51. The fourth-order valence-corrected chi connectivity index (χ4v) is 2.83. The van der Waals surface area contributed by atoms with Gasteiger partial charge in [0, 0.05) is 10.1 Å². The third-order valence-electron chi connectivity index (χ3n) is 2.29. The van der Waals surface area contributed by atoms with E-state index >= 15 is 0 Å². The maximum Gasteiger partial charge on any atom is 0.235 e. The summed E-state index contributed by atoms with van der Waals surface area (Å²) in [6.45, 7) is 2.68. The number of nitrogens with zero attached hydrogens (tertiary/aromatic N) is 1. The van der Waals surface area contributed by atoms with Gasteiger partial charge in [0.1, 0.15) is 0 Å². The summed E-state index contributed by atoms with van der Waals surface area (Å²) in [5.74, 6) is 0. The summed E-state index contributed by atoms with van der Waals surface area (Å²) < 4.78 is 0. The summed E-state index contributed by atoms with van der Waals surface area (Å²) in [5, 5.41) is 0.676. The molecule has 0 saturated carbocycles. The molecule has 0 radical (unpaired) electrons. The first-order valence-corrected chi connectivity index (χ1v) is 5.49. The van der Waals surface area contributed by atoms with Crippen molar-refractivity contribution in [3.05, 3.63) is 29.3 Å². The maximum atomic E-state index is 9.97. The molecule has 1 unspecified atom stereocenters. The zero-order valence-electron chi connectivity index (χ0n) is 7.99. The highest BCUT2D eigenvalue weighted by molar-refractivity contribution is 8.00. The zero-order valence-corrected chi connectivity index (χ0v) is 8.80. The lowest BCUT2D eigenvalue weighted by Crippen LogP contribution is -1.91. The van der Waals surface area contributed by atoms with Crippen molar-refractivity contribution in [2.24, 2.45) is 4.99 Å². The van der Waals surface area contributed by atoms with Crippen LogP contribution in [0.15, 0.2) is 28.1 Å². The molecular weight excluding hydrogens is 194 g/mol. The minimum Gasteiger partial charge on any atom is -0.211 e. The molecule has 0 bridgehead atoms. The van der Waals surface area contributed by atoms with E-state index in [0.29, 0.717) is 11.8 Å². The lowest BCUT2D eigenvalue weighted by atomic mass is 10.1. The van der Waals surface area contributed by atoms with Crippen LogP contribution in [-0.2, 0) is 17.8 Å². The Balaban J connectivity index is 2.23. The molecule has 0 aromatic heterocycles. The molecule has 1 aliphatic rings. The number of aliphatic imine (C=N–C) groups is 1. The van der Waals surface area contributed by atoms with E-state index in [1.54, 1.807) is 6.08 Å². The van der Waals surface area contributed by atoms with E-state index in [2.05, 4.69) is 24.0 Å². The van der Waals surface area contributed by atoms with E-state index in [1.165, 1.54) is 10.5 Å². The van der Waals surface area contributed by atoms with Gasteiger partial charge in [-0.2, -0.15) is 0 Å². The molecule has 14 heavy (non-hydrogen) atoms. The van der Waals surface area contributed by atoms with E-state index in [-0.39, 0.29) is 0 Å². The second-order valence-corrected chi connectivity index (χ2v) is 4.96. The van der Waals surface area contributed by atoms with Crippen LogP contribution in [-0.4, -0.2) is 11.3 Å². The lowest BCUT2D eigenvalue weighted by molar-refractivity contribution is 0.563. The van der Waals surface area contributed by atoms with E-state index in [0.717, 1.165) is 12.0 Å². The first kappa shape index (κ1) is 9.50. The molecule has 1 aromatic rings. The van der Waals surface area contributed by atoms with Crippen molar-refractivity contribution in [2.75, 3.05) is 0 Å². The molecule has 0 amide bonds. The highest BCUT2D eigenvalue weighted by Crippen LogP contribution is 2.37. The summed E-state index contributed by atoms with van der Waals surface area (Å²) in [6.07, 6.45) is 2.69. The minimum absolute atomic E-state index is 0.454. The molecule has 1 atom stereocenters. The third kappa shape index (κ3) is 1.89. The molecule has 1 heterocycles. The van der Waals surface area contributed by atoms with Crippen LogP contribution in [0.5, 0.6) is 0 Å². The fraction of sp³-hybridized carbons (Fsp3) is 0.364. The number of hydrogen-bond acceptors (Lipinski definition) is 3. The van der Waals surface area contributed by atoms with Crippen molar-refractivity contribution >= 4 is 17.8 Å². The molecular formula is C11H11NOS. The number of rotatable bonds is 2. The van der Waals surface area contributed by atoms with Gasteiger partial charge in [0.15, 0.2) is 0 Å². The number of hydrogen-bond donors (Lipinski definition) is 0. The van der Waals surface area contributed by atoms with Crippen LogP contribution < -0.4 is 0 Å². The Morgan fingerprint density at radius 1 is 1.64 bits per heavy atom. The molecule has 0 aliphatic carbocycles. The first-order chi connectivity index (χ1) is 6.79. The second-order valence-electron chi connectivity index (χ2n) is 3.48. The predicted octanol–water partition coefficient (Wildman–Crippen LogP) is 2.56. The van der Waals surface area contributed by atoms with Crippen LogP contribution in [0.2, 0.25) is 0 Å². The van der Waals surface area contributed by atoms with Crippen molar-refractivity contribution in [1.82, 2.24) is 0 Å². The predicted molar refractivity (Wildman–Crippen MR) is 57.3 cm³/mol. The van der Waals surface area contributed by atoms with Crippen molar-refractivity contribution in [2.45, 2.75) is 30.0 Å². The molecule has 1 aromatic carbocycles. The molecule has 72 valence electrons. The molecule has 0 fully saturated rings. The topological polar surface area (TPSA) is 29.4 Å². The number of benzene rings is 1. The summed E-state index contributed by atoms with van der Waals surface area (Å²) in [6, 6.07) is 6.30. The SMILES string of the molecule is CC1Cc2cc(CN=C=O)ccc2S1. The molecule has 2 rings (SSSR count). The largest absolute Gasteiger partial charge is 0.235 e. The Bertz CT molecular complexity index is 396. The fourth-order valence-electron chi connectivity index (χ4n) is 1.70. The quantitative estimate of drug-likeness (QED) is 0.548. The smallest absolute Gasteiger partial charge is 0.211 e. The summed E-state index contributed by atoms with van der Waals surface area (Å²) in [5.41, 5.74) is 2.49. The summed E-state index contributed by atoms with van der Waals surface area (Å²) >= 11 is 1.92. The van der Waals surface area contributed by atoms with Crippen molar-refractivity contribution in [3.8, 4) is 0 Å². The summed E-state index contributed by atoms with van der Waals surface area (Å²) in [4.78, 5) is 14.9. The van der Waals surface area contributed by atoms with E-state index in [9.17, 15) is 4.79 Å². The average molecular weight is 205 g/mol. The van der Waals surface area contributed by atoms with E-state index < -0.39 is 0 Å². The van der Waals surface area contributed by atoms with Crippen LogP contribution in [0.25, 0.3) is 0 Å². The minimum atomic E-state index is 0.454. The molecule has 0 saturated heterocycles. The number of isocyanates is 1. The van der Waals surface area contributed by atoms with Crippen molar-refractivity contribution < 1.29 is 4.79 Å². The maximum absolute atomic E-state index is 9.97. The van der Waals surface area contributed by atoms with Gasteiger partial charge in [0.05, 0.1) is 6.54 Å². The van der Waals surface area contributed by atoms with E-state index in [4.69, 9.17) is 0 Å². The highest BCUT2D eigenvalue weighted by atomic mass is 32.2. The molecule has 0 spiro atoms. The van der Waals surface area contributed by atoms with Gasteiger partial charge in [0.25, 0.3) is 0 Å². The number of thioether (sulfide) groups is 1. The van der Waals surface area contributed by atoms with Crippen LogP contribution in [0.3, 0.4) is 0 Å². The van der Waals surface area contributed by atoms with Gasteiger partial charge in [-0.3, -0.25) is 0 Å². The standard InChI is InChI=1S/C11H11NOS/c1-8-4-10-5-9(6-12-7-13)2-3-11(10)14-8/h2-3,5,8H,4,6H2,1H3. The van der Waals surface area contributed by atoms with Gasteiger partial charge < -0.3 is 0 Å². The highest BCUT2D eigenvalue weighted by Gasteiger charge is 2.17. The Kier molecular flexibility index (Phi) is 2.71. The Labute approximate surface area is 87.4 Å². The van der Waals surface area contributed by atoms with Crippen molar-refractivity contribution in [1.29, 1.82) is 0 Å². The van der Waals surface area contributed by atoms with Crippen LogP contribution >= 0.6 is 11.8 Å². The van der Waals surface area contributed by atoms with Crippen LogP contribution in [0.1, 0.15) is 18.1 Å². The Morgan fingerprint density at radius 3 is 3.29 bits per heavy atom. The van der Waals surface area contributed by atoms with Crippen LogP contribution in [0, 0.1) is 0 Å². The van der Waals surface area contributed by atoms with Crippen LogP contribution in [0.4, 0.5) is 0 Å². The molecule has 0 N–H and O–H groups in total. The lowest BCUT2D eigenvalue weighted by Gasteiger charge is -1.99. The van der Waals surface area contributed by atoms with Gasteiger partial charge in [0.2, 0.25) is 6.08 Å². The number of fused-ring (bicyclic) bond motifs is 1. The Morgan fingerprint density at radius 2 is 2.50 bits per heavy atom. The second kappa shape index (κ2) is 3.99.